The Hall–Kier alpha value is -1.24. The van der Waals surface area contributed by atoms with Gasteiger partial charge in [0.2, 0.25) is 0 Å². The second kappa shape index (κ2) is 6.03. The smallest absolute Gasteiger partial charge is 0.258 e. The van der Waals surface area contributed by atoms with Gasteiger partial charge in [0, 0.05) is 16.6 Å². The predicted octanol–water partition coefficient (Wildman–Crippen LogP) is 3.02. The van der Waals surface area contributed by atoms with Crippen LogP contribution in [0.1, 0.15) is 25.2 Å². The minimum absolute atomic E-state index is 0.349. The van der Waals surface area contributed by atoms with Crippen molar-refractivity contribution in [2.75, 3.05) is 13.2 Å². The first-order valence-electron chi connectivity index (χ1n) is 6.41. The van der Waals surface area contributed by atoms with Crippen molar-refractivity contribution >= 4 is 15.9 Å². The van der Waals surface area contributed by atoms with Crippen molar-refractivity contribution < 1.29 is 9.26 Å². The van der Waals surface area contributed by atoms with Crippen LogP contribution in [0, 0.1) is 6.92 Å². The number of aromatic nitrogens is 2. The third-order valence-corrected chi connectivity index (χ3v) is 3.45. The number of benzene rings is 1. The van der Waals surface area contributed by atoms with Crippen molar-refractivity contribution in [3.8, 4) is 11.5 Å². The molecule has 1 aromatic heterocycles. The normalized spacial score (nSPS) is 14.2. The standard InChI is InChI=1S/C14H18BrN3O2/c1-4-19-8-14(3,16)13-17-12(20-18-13)11-6-5-10(15)7-9(11)2/h5-7H,4,8,16H2,1-3H3. The van der Waals surface area contributed by atoms with Crippen LogP contribution in [0.5, 0.6) is 0 Å². The highest BCUT2D eigenvalue weighted by Crippen LogP contribution is 2.26. The Kier molecular flexibility index (Phi) is 4.57. The molecule has 2 aromatic rings. The maximum Gasteiger partial charge on any atom is 0.258 e. The van der Waals surface area contributed by atoms with Gasteiger partial charge in [0.25, 0.3) is 5.89 Å². The Bertz CT molecular complexity index is 596. The van der Waals surface area contributed by atoms with Crippen LogP contribution in [0.25, 0.3) is 11.5 Å². The molecule has 0 saturated heterocycles. The van der Waals surface area contributed by atoms with Crippen LogP contribution in [0.4, 0.5) is 0 Å². The van der Waals surface area contributed by atoms with Gasteiger partial charge in [-0.15, -0.1) is 0 Å². The fourth-order valence-corrected chi connectivity index (χ4v) is 2.29. The second-order valence-electron chi connectivity index (χ2n) is 4.94. The van der Waals surface area contributed by atoms with Crippen molar-refractivity contribution in [2.24, 2.45) is 5.73 Å². The van der Waals surface area contributed by atoms with E-state index in [2.05, 4.69) is 26.1 Å². The number of nitrogens with zero attached hydrogens (tertiary/aromatic N) is 2. The van der Waals surface area contributed by atoms with Crippen molar-refractivity contribution in [1.29, 1.82) is 0 Å². The number of rotatable bonds is 5. The fourth-order valence-electron chi connectivity index (χ4n) is 1.81. The molecule has 1 aromatic carbocycles. The first-order chi connectivity index (χ1) is 9.44. The van der Waals surface area contributed by atoms with E-state index in [1.807, 2.05) is 39.0 Å². The highest BCUT2D eigenvalue weighted by molar-refractivity contribution is 9.10. The molecule has 5 nitrogen and oxygen atoms in total. The summed E-state index contributed by atoms with van der Waals surface area (Å²) >= 11 is 3.43. The fraction of sp³-hybridized carbons (Fsp3) is 0.429. The molecule has 6 heteroatoms. The highest BCUT2D eigenvalue weighted by atomic mass is 79.9. The van der Waals surface area contributed by atoms with E-state index < -0.39 is 5.54 Å². The van der Waals surface area contributed by atoms with E-state index in [9.17, 15) is 0 Å². The maximum absolute atomic E-state index is 6.16. The van der Waals surface area contributed by atoms with Gasteiger partial charge in [0.05, 0.1) is 6.61 Å². The molecule has 20 heavy (non-hydrogen) atoms. The van der Waals surface area contributed by atoms with Crippen molar-refractivity contribution in [3.63, 3.8) is 0 Å². The number of halogens is 1. The van der Waals surface area contributed by atoms with Gasteiger partial charge >= 0.3 is 0 Å². The van der Waals surface area contributed by atoms with E-state index in [-0.39, 0.29) is 0 Å². The monoisotopic (exact) mass is 339 g/mol. The first kappa shape index (κ1) is 15.2. The predicted molar refractivity (Wildman–Crippen MR) is 80.2 cm³/mol. The van der Waals surface area contributed by atoms with Crippen LogP contribution in [0.2, 0.25) is 0 Å². The summed E-state index contributed by atoms with van der Waals surface area (Å²) in [5.41, 5.74) is 7.35. The summed E-state index contributed by atoms with van der Waals surface area (Å²) in [6.07, 6.45) is 0. The Balaban J connectivity index is 2.28. The molecule has 0 bridgehead atoms. The third-order valence-electron chi connectivity index (χ3n) is 2.96. The number of ether oxygens (including phenoxy) is 1. The maximum atomic E-state index is 6.16. The third kappa shape index (κ3) is 3.26. The topological polar surface area (TPSA) is 74.2 Å². The van der Waals surface area contributed by atoms with Gasteiger partial charge in [-0.1, -0.05) is 21.1 Å². The van der Waals surface area contributed by atoms with Gasteiger partial charge in [-0.2, -0.15) is 4.98 Å². The zero-order valence-electron chi connectivity index (χ0n) is 11.8. The van der Waals surface area contributed by atoms with Crippen molar-refractivity contribution in [1.82, 2.24) is 10.1 Å². The summed E-state index contributed by atoms with van der Waals surface area (Å²) in [5, 5.41) is 3.98. The average Bonchev–Trinajstić information content (AvgIpc) is 2.86. The molecule has 0 aliphatic carbocycles. The number of nitrogens with two attached hydrogens (primary N) is 1. The van der Waals surface area contributed by atoms with Crippen LogP contribution in [0.3, 0.4) is 0 Å². The van der Waals surface area contributed by atoms with Gasteiger partial charge in [0.15, 0.2) is 5.82 Å². The van der Waals surface area contributed by atoms with Gasteiger partial charge in [-0.3, -0.25) is 0 Å². The second-order valence-corrected chi connectivity index (χ2v) is 5.85. The molecule has 0 saturated carbocycles. The molecule has 1 atom stereocenters. The van der Waals surface area contributed by atoms with E-state index in [0.717, 1.165) is 15.6 Å². The lowest BCUT2D eigenvalue weighted by atomic mass is 10.0. The van der Waals surface area contributed by atoms with E-state index in [1.165, 1.54) is 0 Å². The van der Waals surface area contributed by atoms with Gasteiger partial charge in [0.1, 0.15) is 5.54 Å². The van der Waals surface area contributed by atoms with Crippen LogP contribution < -0.4 is 5.73 Å². The summed E-state index contributed by atoms with van der Waals surface area (Å²) in [7, 11) is 0. The Labute approximate surface area is 126 Å². The molecule has 0 amide bonds. The summed E-state index contributed by atoms with van der Waals surface area (Å²) < 4.78 is 11.7. The molecule has 0 aliphatic heterocycles. The highest BCUT2D eigenvalue weighted by Gasteiger charge is 2.28. The molecule has 1 heterocycles. The molecule has 2 N–H and O–H groups in total. The van der Waals surface area contributed by atoms with Crippen LogP contribution >= 0.6 is 15.9 Å². The van der Waals surface area contributed by atoms with Crippen LogP contribution in [-0.4, -0.2) is 23.4 Å². The lowest BCUT2D eigenvalue weighted by molar-refractivity contribution is 0.0962. The summed E-state index contributed by atoms with van der Waals surface area (Å²) in [5.74, 6) is 0.918. The lowest BCUT2D eigenvalue weighted by Gasteiger charge is -2.19. The Morgan fingerprint density at radius 2 is 2.20 bits per heavy atom. The summed E-state index contributed by atoms with van der Waals surface area (Å²) in [6, 6.07) is 5.88. The zero-order chi connectivity index (χ0) is 14.8. The summed E-state index contributed by atoms with van der Waals surface area (Å²) in [4.78, 5) is 4.40. The zero-order valence-corrected chi connectivity index (χ0v) is 13.4. The minimum atomic E-state index is -0.763. The molecule has 2 rings (SSSR count). The average molecular weight is 340 g/mol. The van der Waals surface area contributed by atoms with E-state index in [0.29, 0.717) is 24.9 Å². The molecule has 0 aliphatic rings. The quantitative estimate of drug-likeness (QED) is 0.906. The lowest BCUT2D eigenvalue weighted by Crippen LogP contribution is -2.39. The van der Waals surface area contributed by atoms with E-state index in [4.69, 9.17) is 15.0 Å². The Morgan fingerprint density at radius 3 is 2.85 bits per heavy atom. The first-order valence-corrected chi connectivity index (χ1v) is 7.20. The number of hydrogen-bond donors (Lipinski definition) is 1. The molecule has 0 spiro atoms. The van der Waals surface area contributed by atoms with E-state index in [1.54, 1.807) is 0 Å². The van der Waals surface area contributed by atoms with Gasteiger partial charge < -0.3 is 15.0 Å². The minimum Gasteiger partial charge on any atom is -0.379 e. The van der Waals surface area contributed by atoms with E-state index >= 15 is 0 Å². The van der Waals surface area contributed by atoms with Crippen molar-refractivity contribution in [2.45, 2.75) is 26.3 Å². The molecular weight excluding hydrogens is 322 g/mol. The Morgan fingerprint density at radius 1 is 1.45 bits per heavy atom. The summed E-state index contributed by atoms with van der Waals surface area (Å²) in [6.45, 7) is 6.69. The molecule has 108 valence electrons. The molecule has 0 radical (unpaired) electrons. The largest absolute Gasteiger partial charge is 0.379 e. The van der Waals surface area contributed by atoms with Crippen molar-refractivity contribution in [3.05, 3.63) is 34.1 Å². The molecular formula is C14H18BrN3O2. The van der Waals surface area contributed by atoms with Crippen LogP contribution in [0.15, 0.2) is 27.2 Å². The number of aryl methyl sites for hydroxylation is 1. The molecule has 0 fully saturated rings. The van der Waals surface area contributed by atoms with Gasteiger partial charge in [-0.25, -0.2) is 0 Å². The SMILES string of the molecule is CCOCC(C)(N)c1noc(-c2ccc(Br)cc2C)n1. The molecule has 1 unspecified atom stereocenters. The number of hydrogen-bond acceptors (Lipinski definition) is 5. The van der Waals surface area contributed by atoms with Gasteiger partial charge in [-0.05, 0) is 44.5 Å². The van der Waals surface area contributed by atoms with Crippen LogP contribution in [-0.2, 0) is 10.3 Å².